The fraction of sp³-hybridized carbons (Fsp3) is 0.909. The lowest BCUT2D eigenvalue weighted by Gasteiger charge is -2.58. The van der Waals surface area contributed by atoms with E-state index in [4.69, 9.17) is 9.47 Å². The molecule has 58 heavy (non-hydrogen) atoms. The maximum absolute atomic E-state index is 13.5. The van der Waals surface area contributed by atoms with Gasteiger partial charge < -0.3 is 9.47 Å². The highest BCUT2D eigenvalue weighted by molar-refractivity contribution is 5.60. The number of rotatable bonds is 12. The van der Waals surface area contributed by atoms with Crippen molar-refractivity contribution in [1.29, 1.82) is 0 Å². The Morgan fingerprint density at radius 3 is 1.36 bits per heavy atom. The van der Waals surface area contributed by atoms with Crippen LogP contribution in [0.4, 0.5) is 4.79 Å². The number of ether oxygens (including phenoxy) is 2. The second-order valence-corrected chi connectivity index (χ2v) is 24.8. The van der Waals surface area contributed by atoms with E-state index in [9.17, 15) is 4.79 Å². The van der Waals surface area contributed by atoms with E-state index in [0.717, 1.165) is 110 Å². The number of allylic oxidation sites excluding steroid dienone is 2. The normalized spacial score (nSPS) is 45.4. The summed E-state index contributed by atoms with van der Waals surface area (Å²) in [6.45, 7) is 25.3. The Bertz CT molecular complexity index is 1410. The van der Waals surface area contributed by atoms with Crippen molar-refractivity contribution in [3.05, 3.63) is 23.3 Å². The van der Waals surface area contributed by atoms with Crippen LogP contribution in [0.15, 0.2) is 23.3 Å². The van der Waals surface area contributed by atoms with Crippen LogP contribution < -0.4 is 0 Å². The third-order valence-electron chi connectivity index (χ3n) is 21.0. The van der Waals surface area contributed by atoms with Gasteiger partial charge in [0.25, 0.3) is 0 Å². The molecule has 0 aromatic carbocycles. The molecule has 16 atom stereocenters. The molecule has 328 valence electrons. The number of hydrogen-bond acceptors (Lipinski definition) is 3. The van der Waals surface area contributed by atoms with Gasteiger partial charge in [-0.25, -0.2) is 4.79 Å². The Kier molecular flexibility index (Phi) is 12.6. The van der Waals surface area contributed by atoms with E-state index in [1.54, 1.807) is 11.1 Å². The largest absolute Gasteiger partial charge is 0.508 e. The summed E-state index contributed by atoms with van der Waals surface area (Å²) < 4.78 is 12.5. The van der Waals surface area contributed by atoms with Gasteiger partial charge in [0.1, 0.15) is 12.2 Å². The minimum absolute atomic E-state index is 0.0343. The highest BCUT2D eigenvalue weighted by Gasteiger charge is 2.61. The maximum Gasteiger partial charge on any atom is 0.508 e. The van der Waals surface area contributed by atoms with E-state index in [0.29, 0.717) is 10.8 Å². The molecule has 0 aromatic rings. The van der Waals surface area contributed by atoms with Gasteiger partial charge in [0.05, 0.1) is 0 Å². The molecule has 0 spiro atoms. The topological polar surface area (TPSA) is 35.5 Å². The first kappa shape index (κ1) is 43.4. The molecule has 0 heterocycles. The molecule has 3 nitrogen and oxygen atoms in total. The van der Waals surface area contributed by atoms with E-state index >= 15 is 0 Å². The van der Waals surface area contributed by atoms with Crippen molar-refractivity contribution in [2.45, 2.75) is 223 Å². The van der Waals surface area contributed by atoms with Gasteiger partial charge in [0.15, 0.2) is 0 Å². The molecule has 0 amide bonds. The lowest BCUT2D eigenvalue weighted by Crippen LogP contribution is -2.51. The summed E-state index contributed by atoms with van der Waals surface area (Å²) in [5.74, 6) is 10.2. The van der Waals surface area contributed by atoms with Crippen molar-refractivity contribution in [1.82, 2.24) is 0 Å². The molecule has 0 aromatic heterocycles. The molecule has 6 saturated carbocycles. The maximum atomic E-state index is 13.5. The smallest absolute Gasteiger partial charge is 0.431 e. The Morgan fingerprint density at radius 1 is 0.552 bits per heavy atom. The zero-order valence-electron chi connectivity index (χ0n) is 39.5. The molecule has 8 rings (SSSR count). The lowest BCUT2D eigenvalue weighted by atomic mass is 9.47. The van der Waals surface area contributed by atoms with E-state index in [1.165, 1.54) is 103 Å². The molecule has 0 N–H and O–H groups in total. The quantitative estimate of drug-likeness (QED) is 0.146. The summed E-state index contributed by atoms with van der Waals surface area (Å²) in [6.07, 6.45) is 33.3. The molecule has 6 fully saturated rings. The molecular formula is C55H90O3. The summed E-state index contributed by atoms with van der Waals surface area (Å²) in [5, 5.41) is 0. The number of hydrogen-bond donors (Lipinski definition) is 0. The second kappa shape index (κ2) is 16.8. The molecule has 0 radical (unpaired) electrons. The van der Waals surface area contributed by atoms with E-state index in [1.807, 2.05) is 0 Å². The molecule has 8 aliphatic carbocycles. The third kappa shape index (κ3) is 7.76. The summed E-state index contributed by atoms with van der Waals surface area (Å²) in [5.41, 5.74) is 4.81. The summed E-state index contributed by atoms with van der Waals surface area (Å²) >= 11 is 0. The van der Waals surface area contributed by atoms with E-state index < -0.39 is 6.16 Å². The van der Waals surface area contributed by atoms with Crippen LogP contribution >= 0.6 is 0 Å². The van der Waals surface area contributed by atoms with Crippen LogP contribution in [0, 0.1) is 92.7 Å². The lowest BCUT2D eigenvalue weighted by molar-refractivity contribution is -0.0717. The van der Waals surface area contributed by atoms with Crippen molar-refractivity contribution in [2.24, 2.45) is 92.7 Å². The van der Waals surface area contributed by atoms with Crippen LogP contribution in [-0.4, -0.2) is 18.4 Å². The molecule has 16 unspecified atom stereocenters. The molecule has 0 saturated heterocycles. The van der Waals surface area contributed by atoms with Crippen LogP contribution in [-0.2, 0) is 9.47 Å². The zero-order chi connectivity index (χ0) is 41.2. The molecular weight excluding hydrogens is 709 g/mol. The van der Waals surface area contributed by atoms with E-state index in [2.05, 4.69) is 81.4 Å². The fourth-order valence-corrected chi connectivity index (χ4v) is 17.8. The van der Waals surface area contributed by atoms with Crippen molar-refractivity contribution in [3.8, 4) is 0 Å². The Morgan fingerprint density at radius 2 is 0.966 bits per heavy atom. The predicted molar refractivity (Wildman–Crippen MR) is 241 cm³/mol. The molecule has 8 aliphatic rings. The summed E-state index contributed by atoms with van der Waals surface area (Å²) in [6, 6.07) is 0. The summed E-state index contributed by atoms with van der Waals surface area (Å²) in [7, 11) is 0. The minimum atomic E-state index is -0.397. The predicted octanol–water partition coefficient (Wildman–Crippen LogP) is 16.0. The van der Waals surface area contributed by atoms with Crippen LogP contribution in [0.25, 0.3) is 0 Å². The highest BCUT2D eigenvalue weighted by atomic mass is 16.7. The van der Waals surface area contributed by atoms with Crippen LogP contribution in [0.2, 0.25) is 0 Å². The number of carbonyl (C=O) groups excluding carboxylic acids is 1. The Hall–Kier alpha value is -1.25. The van der Waals surface area contributed by atoms with Gasteiger partial charge in [-0.05, 0) is 183 Å². The average molecular weight is 799 g/mol. The third-order valence-corrected chi connectivity index (χ3v) is 21.0. The van der Waals surface area contributed by atoms with Gasteiger partial charge in [0.2, 0.25) is 0 Å². The van der Waals surface area contributed by atoms with Crippen molar-refractivity contribution < 1.29 is 14.3 Å². The van der Waals surface area contributed by atoms with E-state index in [-0.39, 0.29) is 23.0 Å². The minimum Gasteiger partial charge on any atom is -0.431 e. The zero-order valence-corrected chi connectivity index (χ0v) is 39.5. The fourth-order valence-electron chi connectivity index (χ4n) is 17.8. The van der Waals surface area contributed by atoms with Gasteiger partial charge in [0, 0.05) is 12.8 Å². The highest BCUT2D eigenvalue weighted by Crippen LogP contribution is 2.69. The number of carbonyl (C=O) groups is 1. The molecule has 3 heteroatoms. The van der Waals surface area contributed by atoms with Crippen LogP contribution in [0.3, 0.4) is 0 Å². The Balaban J connectivity index is 0.837. The van der Waals surface area contributed by atoms with Crippen molar-refractivity contribution >= 4 is 6.16 Å². The van der Waals surface area contributed by atoms with Crippen molar-refractivity contribution in [2.75, 3.05) is 0 Å². The van der Waals surface area contributed by atoms with Gasteiger partial charge in [-0.2, -0.15) is 0 Å². The van der Waals surface area contributed by atoms with Crippen LogP contribution in [0.5, 0.6) is 0 Å². The van der Waals surface area contributed by atoms with Crippen LogP contribution in [0.1, 0.15) is 210 Å². The first-order valence-corrected chi connectivity index (χ1v) is 25.8. The van der Waals surface area contributed by atoms with Gasteiger partial charge in [-0.1, -0.05) is 131 Å². The first-order valence-electron chi connectivity index (χ1n) is 25.8. The van der Waals surface area contributed by atoms with Crippen molar-refractivity contribution in [3.63, 3.8) is 0 Å². The molecule has 0 aliphatic heterocycles. The number of fused-ring (bicyclic) bond motifs is 10. The standard InChI is InChI=1S/C55H90O3/c1-35(2)13-11-15-37(5)45-21-23-47-43-19-17-39-33-41(25-29-52(39,7)49(43)27-31-54(45,47)9)57-51(56)58-42-26-30-53(8)40(34-42)18-20-44-48-24-22-46(38(6)16-12-14-36(3)4)55(48,10)32-28-50(44)53/h17-18,35-38,41-50H,11-16,19-34H2,1-10H3. The van der Waals surface area contributed by atoms with Gasteiger partial charge >= 0.3 is 6.16 Å². The second-order valence-electron chi connectivity index (χ2n) is 24.8. The average Bonchev–Trinajstić information content (AvgIpc) is 3.71. The summed E-state index contributed by atoms with van der Waals surface area (Å²) in [4.78, 5) is 13.5. The first-order chi connectivity index (χ1) is 27.6. The monoisotopic (exact) mass is 799 g/mol. The van der Waals surface area contributed by atoms with Gasteiger partial charge in [-0.3, -0.25) is 0 Å². The van der Waals surface area contributed by atoms with Gasteiger partial charge in [-0.15, -0.1) is 0 Å². The SMILES string of the molecule is CC(C)CCCC(C)C1CCC2C3CC=C4CC(OC(=O)OC5CCC6(C)C(=CCC7C6CCC6(C)C(C(C)CCCC(C)C)CCC76)C5)CCC4(C)C3CCC12C. The molecule has 0 bridgehead atoms. The Labute approximate surface area is 357 Å².